The van der Waals surface area contributed by atoms with Gasteiger partial charge in [0.2, 0.25) is 17.7 Å². The van der Waals surface area contributed by atoms with Gasteiger partial charge in [0, 0.05) is 24.4 Å². The number of ether oxygens (including phenoxy) is 1. The maximum Gasteiger partial charge on any atom is 0.276 e. The highest BCUT2D eigenvalue weighted by atomic mass is 32.2. The van der Waals surface area contributed by atoms with Crippen molar-refractivity contribution >= 4 is 23.6 Å². The van der Waals surface area contributed by atoms with E-state index in [0.29, 0.717) is 42.9 Å². The maximum absolute atomic E-state index is 12.7. The van der Waals surface area contributed by atoms with Crippen LogP contribution in [-0.4, -0.2) is 40.5 Å². The van der Waals surface area contributed by atoms with E-state index in [1.807, 2.05) is 27.7 Å². The van der Waals surface area contributed by atoms with Crippen molar-refractivity contribution in [3.8, 4) is 0 Å². The summed E-state index contributed by atoms with van der Waals surface area (Å²) in [4.78, 5) is 25.0. The van der Waals surface area contributed by atoms with Crippen LogP contribution in [0, 0.1) is 11.8 Å². The summed E-state index contributed by atoms with van der Waals surface area (Å²) in [6, 6.07) is 0. The Labute approximate surface area is 152 Å². The molecule has 1 N–H and O–H groups in total. The third-order valence-corrected chi connectivity index (χ3v) is 4.76. The lowest BCUT2D eigenvalue weighted by atomic mass is 9.95. The molecule has 1 aromatic rings. The minimum absolute atomic E-state index is 0.174. The van der Waals surface area contributed by atoms with Gasteiger partial charge in [-0.05, 0) is 25.2 Å². The minimum Gasteiger partial charge on any atom is -0.415 e. The Hall–Kier alpha value is -1.41. The molecule has 8 heteroatoms. The molecule has 2 rings (SSSR count). The molecule has 1 atom stereocenters. The zero-order valence-electron chi connectivity index (χ0n) is 15.3. The number of imide groups is 1. The molecule has 2 amide bonds. The maximum atomic E-state index is 12.7. The molecule has 25 heavy (non-hydrogen) atoms. The zero-order chi connectivity index (χ0) is 18.4. The SMILES string of the molecule is CC(C)CC(C(=O)NC(=O)C1CCOCC1)c1nnc(SC(C)C)o1. The standard InChI is InChI=1S/C17H27N3O4S/c1-10(2)9-13(16-19-20-17(24-16)25-11(3)4)15(22)18-14(21)12-5-7-23-8-6-12/h10-13H,5-9H2,1-4H3,(H,18,21,22). The molecule has 0 bridgehead atoms. The van der Waals surface area contributed by atoms with Crippen LogP contribution in [0.15, 0.2) is 9.64 Å². The van der Waals surface area contributed by atoms with Crippen molar-refractivity contribution < 1.29 is 18.7 Å². The quantitative estimate of drug-likeness (QED) is 0.738. The van der Waals surface area contributed by atoms with Gasteiger partial charge in [-0.15, -0.1) is 10.2 Å². The van der Waals surface area contributed by atoms with E-state index in [2.05, 4.69) is 15.5 Å². The average Bonchev–Trinajstić information content (AvgIpc) is 3.00. The fourth-order valence-corrected chi connectivity index (χ4v) is 3.30. The Balaban J connectivity index is 2.06. The highest BCUT2D eigenvalue weighted by Gasteiger charge is 2.31. The number of amides is 2. The number of hydrogen-bond donors (Lipinski definition) is 1. The van der Waals surface area contributed by atoms with Crippen molar-refractivity contribution in [3.63, 3.8) is 0 Å². The van der Waals surface area contributed by atoms with Crippen molar-refractivity contribution in [2.24, 2.45) is 11.8 Å². The molecular weight excluding hydrogens is 342 g/mol. The molecule has 0 saturated carbocycles. The summed E-state index contributed by atoms with van der Waals surface area (Å²) in [5.74, 6) is -0.866. The number of rotatable bonds is 7. The lowest BCUT2D eigenvalue weighted by Gasteiger charge is -2.22. The Morgan fingerprint density at radius 3 is 2.48 bits per heavy atom. The first-order valence-corrected chi connectivity index (χ1v) is 9.67. The number of nitrogens with zero attached hydrogens (tertiary/aromatic N) is 2. The Morgan fingerprint density at radius 1 is 1.20 bits per heavy atom. The fraction of sp³-hybridized carbons (Fsp3) is 0.765. The molecule has 2 heterocycles. The van der Waals surface area contributed by atoms with E-state index < -0.39 is 5.92 Å². The molecular formula is C17H27N3O4S. The van der Waals surface area contributed by atoms with Gasteiger partial charge in [0.15, 0.2) is 0 Å². The zero-order valence-corrected chi connectivity index (χ0v) is 16.1. The molecule has 0 aromatic carbocycles. The van der Waals surface area contributed by atoms with Crippen molar-refractivity contribution in [3.05, 3.63) is 5.89 Å². The average molecular weight is 369 g/mol. The predicted octanol–water partition coefficient (Wildman–Crippen LogP) is 2.77. The molecule has 7 nitrogen and oxygen atoms in total. The third-order valence-electron chi connectivity index (χ3n) is 3.92. The van der Waals surface area contributed by atoms with E-state index in [1.54, 1.807) is 0 Å². The first-order valence-electron chi connectivity index (χ1n) is 8.79. The van der Waals surface area contributed by atoms with E-state index in [9.17, 15) is 9.59 Å². The number of carbonyl (C=O) groups is 2. The fourth-order valence-electron chi connectivity index (χ4n) is 2.67. The van der Waals surface area contributed by atoms with Crippen LogP contribution in [0.1, 0.15) is 58.8 Å². The molecule has 1 unspecified atom stereocenters. The Morgan fingerprint density at radius 2 is 1.88 bits per heavy atom. The summed E-state index contributed by atoms with van der Waals surface area (Å²) in [5, 5.41) is 11.3. The van der Waals surface area contributed by atoms with Crippen LogP contribution in [0.2, 0.25) is 0 Å². The van der Waals surface area contributed by atoms with Crippen LogP contribution in [0.4, 0.5) is 0 Å². The van der Waals surface area contributed by atoms with Gasteiger partial charge in [-0.2, -0.15) is 0 Å². The molecule has 0 radical (unpaired) electrons. The van der Waals surface area contributed by atoms with Crippen molar-refractivity contribution in [2.75, 3.05) is 13.2 Å². The van der Waals surface area contributed by atoms with E-state index in [1.165, 1.54) is 11.8 Å². The molecule has 1 aromatic heterocycles. The summed E-state index contributed by atoms with van der Waals surface area (Å²) in [6.45, 7) is 9.20. The Kier molecular flexibility index (Phi) is 7.43. The summed E-state index contributed by atoms with van der Waals surface area (Å²) >= 11 is 1.45. The van der Waals surface area contributed by atoms with Crippen LogP contribution in [0.3, 0.4) is 0 Å². The topological polar surface area (TPSA) is 94.3 Å². The first-order chi connectivity index (χ1) is 11.9. The van der Waals surface area contributed by atoms with Gasteiger partial charge in [-0.3, -0.25) is 14.9 Å². The van der Waals surface area contributed by atoms with Gasteiger partial charge < -0.3 is 9.15 Å². The summed E-state index contributed by atoms with van der Waals surface area (Å²) in [5.41, 5.74) is 0. The summed E-state index contributed by atoms with van der Waals surface area (Å²) in [7, 11) is 0. The monoisotopic (exact) mass is 369 g/mol. The smallest absolute Gasteiger partial charge is 0.276 e. The van der Waals surface area contributed by atoms with Gasteiger partial charge in [0.25, 0.3) is 5.22 Å². The predicted molar refractivity (Wildman–Crippen MR) is 94.2 cm³/mol. The number of thioether (sulfide) groups is 1. The lowest BCUT2D eigenvalue weighted by molar-refractivity contribution is -0.135. The van der Waals surface area contributed by atoms with Crippen LogP contribution in [-0.2, 0) is 14.3 Å². The van der Waals surface area contributed by atoms with Crippen molar-refractivity contribution in [1.82, 2.24) is 15.5 Å². The van der Waals surface area contributed by atoms with E-state index >= 15 is 0 Å². The number of nitrogens with one attached hydrogen (secondary N) is 1. The summed E-state index contributed by atoms with van der Waals surface area (Å²) < 4.78 is 10.9. The normalized spacial score (nSPS) is 17.0. The van der Waals surface area contributed by atoms with Crippen LogP contribution < -0.4 is 5.32 Å². The van der Waals surface area contributed by atoms with Gasteiger partial charge in [0.1, 0.15) is 5.92 Å². The lowest BCUT2D eigenvalue weighted by Crippen LogP contribution is -2.40. The molecule has 1 fully saturated rings. The van der Waals surface area contributed by atoms with Crippen LogP contribution in [0.5, 0.6) is 0 Å². The number of carbonyl (C=O) groups excluding carboxylic acids is 2. The van der Waals surface area contributed by atoms with Gasteiger partial charge in [0.05, 0.1) is 0 Å². The minimum atomic E-state index is -0.613. The second-order valence-electron chi connectivity index (χ2n) is 7.00. The molecule has 0 spiro atoms. The molecule has 1 saturated heterocycles. The van der Waals surface area contributed by atoms with Crippen LogP contribution in [0.25, 0.3) is 0 Å². The largest absolute Gasteiger partial charge is 0.415 e. The van der Waals surface area contributed by atoms with E-state index in [0.717, 1.165) is 0 Å². The van der Waals surface area contributed by atoms with Crippen molar-refractivity contribution in [2.45, 2.75) is 63.3 Å². The van der Waals surface area contributed by atoms with Gasteiger partial charge in [-0.25, -0.2) is 0 Å². The molecule has 0 aliphatic carbocycles. The number of hydrogen-bond acceptors (Lipinski definition) is 7. The molecule has 1 aliphatic heterocycles. The highest BCUT2D eigenvalue weighted by molar-refractivity contribution is 7.99. The molecule has 140 valence electrons. The van der Waals surface area contributed by atoms with Crippen LogP contribution >= 0.6 is 11.8 Å². The van der Waals surface area contributed by atoms with E-state index in [4.69, 9.17) is 9.15 Å². The summed E-state index contributed by atoms with van der Waals surface area (Å²) in [6.07, 6.45) is 1.83. The van der Waals surface area contributed by atoms with Gasteiger partial charge >= 0.3 is 0 Å². The third kappa shape index (κ3) is 6.11. The second-order valence-corrected chi connectivity index (χ2v) is 8.52. The first kappa shape index (κ1) is 19.9. The highest BCUT2D eigenvalue weighted by Crippen LogP contribution is 2.28. The second kappa shape index (κ2) is 9.33. The van der Waals surface area contributed by atoms with E-state index in [-0.39, 0.29) is 29.5 Å². The Bertz CT molecular complexity index is 582. The molecule has 1 aliphatic rings. The van der Waals surface area contributed by atoms with Crippen molar-refractivity contribution in [1.29, 1.82) is 0 Å². The van der Waals surface area contributed by atoms with Gasteiger partial charge in [-0.1, -0.05) is 39.5 Å². The number of aromatic nitrogens is 2.